The summed E-state index contributed by atoms with van der Waals surface area (Å²) in [6, 6.07) is 7.87. The molecular formula is C13H11N3O2S3. The molecule has 0 spiro atoms. The van der Waals surface area contributed by atoms with Crippen LogP contribution < -0.4 is 5.32 Å². The summed E-state index contributed by atoms with van der Waals surface area (Å²) in [5.41, 5.74) is 0.945. The molecule has 8 heteroatoms. The third-order valence-corrected chi connectivity index (χ3v) is 5.85. The lowest BCUT2D eigenvalue weighted by molar-refractivity contribution is -0.117. The number of para-hydroxylation sites is 1. The monoisotopic (exact) mass is 337 g/mol. The number of carbonyl (C=O) groups is 2. The number of amidine groups is 1. The Morgan fingerprint density at radius 3 is 2.95 bits per heavy atom. The van der Waals surface area contributed by atoms with E-state index in [1.807, 2.05) is 24.3 Å². The fraction of sp³-hybridized carbons (Fsp3) is 0.231. The van der Waals surface area contributed by atoms with Crippen LogP contribution in [0.1, 0.15) is 6.92 Å². The standard InChI is InChI=1S/C13H11N3O2S3/c1-7-11(18)16-12(20-7)15-10(17)6-19-13-14-8-4-2-3-5-9(8)21-13/h2-5,7H,6H2,1H3,(H,15,16,17,18). The number of hydrogen-bond donors (Lipinski definition) is 1. The summed E-state index contributed by atoms with van der Waals surface area (Å²) in [7, 11) is 0. The molecule has 21 heavy (non-hydrogen) atoms. The number of thioether (sulfide) groups is 2. The van der Waals surface area contributed by atoms with E-state index in [4.69, 9.17) is 0 Å². The van der Waals surface area contributed by atoms with E-state index in [9.17, 15) is 9.59 Å². The van der Waals surface area contributed by atoms with Gasteiger partial charge >= 0.3 is 0 Å². The van der Waals surface area contributed by atoms with E-state index >= 15 is 0 Å². The smallest absolute Gasteiger partial charge is 0.261 e. The van der Waals surface area contributed by atoms with Crippen LogP contribution in [-0.4, -0.2) is 33.0 Å². The highest BCUT2D eigenvalue weighted by molar-refractivity contribution is 8.15. The van der Waals surface area contributed by atoms with Crippen molar-refractivity contribution in [2.75, 3.05) is 5.75 Å². The molecule has 0 bridgehead atoms. The van der Waals surface area contributed by atoms with Gasteiger partial charge in [-0.2, -0.15) is 4.99 Å². The highest BCUT2D eigenvalue weighted by Crippen LogP contribution is 2.29. The molecule has 2 heterocycles. The Labute approximate surface area is 133 Å². The Morgan fingerprint density at radius 1 is 1.43 bits per heavy atom. The molecule has 1 aromatic heterocycles. The molecule has 1 aromatic carbocycles. The number of rotatable bonds is 3. The van der Waals surface area contributed by atoms with Gasteiger partial charge in [0.1, 0.15) is 0 Å². The van der Waals surface area contributed by atoms with E-state index in [1.165, 1.54) is 23.5 Å². The average molecular weight is 337 g/mol. The van der Waals surface area contributed by atoms with Gasteiger partial charge in [-0.3, -0.25) is 9.59 Å². The van der Waals surface area contributed by atoms with Gasteiger partial charge in [0, 0.05) is 0 Å². The van der Waals surface area contributed by atoms with E-state index in [-0.39, 0.29) is 22.8 Å². The largest absolute Gasteiger partial charge is 0.304 e. The summed E-state index contributed by atoms with van der Waals surface area (Å²) in [5.74, 6) is -0.122. The zero-order valence-electron chi connectivity index (χ0n) is 11.0. The molecule has 2 amide bonds. The number of nitrogens with one attached hydrogen (secondary N) is 1. The van der Waals surface area contributed by atoms with E-state index in [0.717, 1.165) is 14.6 Å². The summed E-state index contributed by atoms with van der Waals surface area (Å²) >= 11 is 4.22. The molecule has 0 fully saturated rings. The maximum atomic E-state index is 11.8. The van der Waals surface area contributed by atoms with Crippen molar-refractivity contribution >= 4 is 62.1 Å². The predicted molar refractivity (Wildman–Crippen MR) is 88.0 cm³/mol. The van der Waals surface area contributed by atoms with E-state index in [2.05, 4.69) is 15.3 Å². The Hall–Kier alpha value is -1.38. The fourth-order valence-electron chi connectivity index (χ4n) is 1.69. The van der Waals surface area contributed by atoms with Crippen LogP contribution in [0.25, 0.3) is 10.2 Å². The number of aromatic nitrogens is 1. The summed E-state index contributed by atoms with van der Waals surface area (Å²) in [6.07, 6.45) is 0. The van der Waals surface area contributed by atoms with Gasteiger partial charge < -0.3 is 5.32 Å². The number of nitrogens with zero attached hydrogens (tertiary/aromatic N) is 2. The lowest BCUT2D eigenvalue weighted by atomic mass is 10.3. The van der Waals surface area contributed by atoms with Gasteiger partial charge in [-0.25, -0.2) is 4.98 Å². The Kier molecular flexibility index (Phi) is 4.27. The molecule has 0 saturated heterocycles. The molecule has 0 radical (unpaired) electrons. The first-order valence-electron chi connectivity index (χ1n) is 6.19. The molecule has 1 aliphatic rings. The minimum Gasteiger partial charge on any atom is -0.304 e. The average Bonchev–Trinajstić information content (AvgIpc) is 3.00. The molecule has 1 aliphatic heterocycles. The first-order chi connectivity index (χ1) is 10.1. The lowest BCUT2D eigenvalue weighted by Gasteiger charge is -2.02. The molecule has 3 rings (SSSR count). The van der Waals surface area contributed by atoms with Crippen molar-refractivity contribution in [2.45, 2.75) is 16.5 Å². The predicted octanol–water partition coefficient (Wildman–Crippen LogP) is 2.52. The maximum absolute atomic E-state index is 11.8. The van der Waals surface area contributed by atoms with Crippen molar-refractivity contribution in [3.05, 3.63) is 24.3 Å². The van der Waals surface area contributed by atoms with Crippen LogP contribution >= 0.6 is 34.9 Å². The Bertz CT molecular complexity index is 708. The molecule has 1 N–H and O–H groups in total. The van der Waals surface area contributed by atoms with Crippen LogP contribution in [-0.2, 0) is 9.59 Å². The molecule has 1 atom stereocenters. The summed E-state index contributed by atoms with van der Waals surface area (Å²) in [6.45, 7) is 1.77. The summed E-state index contributed by atoms with van der Waals surface area (Å²) in [5, 5.41) is 2.83. The number of aliphatic imine (C=N–C) groups is 1. The van der Waals surface area contributed by atoms with Crippen molar-refractivity contribution in [2.24, 2.45) is 4.99 Å². The topological polar surface area (TPSA) is 71.4 Å². The van der Waals surface area contributed by atoms with Crippen molar-refractivity contribution in [3.63, 3.8) is 0 Å². The summed E-state index contributed by atoms with van der Waals surface area (Å²) < 4.78 is 1.97. The summed E-state index contributed by atoms with van der Waals surface area (Å²) in [4.78, 5) is 31.4. The van der Waals surface area contributed by atoms with Crippen molar-refractivity contribution in [3.8, 4) is 0 Å². The number of fused-ring (bicyclic) bond motifs is 1. The Balaban J connectivity index is 1.56. The molecule has 0 saturated carbocycles. The molecule has 0 aliphatic carbocycles. The van der Waals surface area contributed by atoms with E-state index in [0.29, 0.717) is 5.17 Å². The maximum Gasteiger partial charge on any atom is 0.261 e. The number of benzene rings is 1. The number of carbonyl (C=O) groups excluding carboxylic acids is 2. The van der Waals surface area contributed by atoms with Crippen molar-refractivity contribution < 1.29 is 9.59 Å². The highest BCUT2D eigenvalue weighted by atomic mass is 32.2. The quantitative estimate of drug-likeness (QED) is 0.872. The van der Waals surface area contributed by atoms with Gasteiger partial charge in [-0.1, -0.05) is 35.7 Å². The van der Waals surface area contributed by atoms with Crippen molar-refractivity contribution in [1.29, 1.82) is 0 Å². The second-order valence-electron chi connectivity index (χ2n) is 4.30. The highest BCUT2D eigenvalue weighted by Gasteiger charge is 2.25. The van der Waals surface area contributed by atoms with Gasteiger partial charge in [0.05, 0.1) is 21.2 Å². The third-order valence-electron chi connectivity index (χ3n) is 2.70. The lowest BCUT2D eigenvalue weighted by Crippen LogP contribution is -2.29. The molecule has 2 aromatic rings. The number of thiazole rings is 1. The van der Waals surface area contributed by atoms with Crippen molar-refractivity contribution in [1.82, 2.24) is 10.3 Å². The first-order valence-corrected chi connectivity index (χ1v) is 8.87. The van der Waals surface area contributed by atoms with Crippen LogP contribution in [0.3, 0.4) is 0 Å². The second kappa shape index (κ2) is 6.17. The van der Waals surface area contributed by atoms with Gasteiger partial charge in [-0.05, 0) is 19.1 Å². The molecule has 1 unspecified atom stereocenters. The zero-order chi connectivity index (χ0) is 14.8. The van der Waals surface area contributed by atoms with E-state index in [1.54, 1.807) is 18.3 Å². The first kappa shape index (κ1) is 14.6. The molecule has 5 nitrogen and oxygen atoms in total. The van der Waals surface area contributed by atoms with E-state index < -0.39 is 0 Å². The normalized spacial score (nSPS) is 18.0. The number of amides is 2. The fourth-order valence-corrected chi connectivity index (χ4v) is 4.36. The number of hydrogen-bond acceptors (Lipinski definition) is 6. The molecule has 108 valence electrons. The third kappa shape index (κ3) is 3.45. The van der Waals surface area contributed by atoms with Crippen LogP contribution in [0, 0.1) is 0 Å². The van der Waals surface area contributed by atoms with Crippen LogP contribution in [0.15, 0.2) is 33.6 Å². The minimum atomic E-state index is -0.211. The van der Waals surface area contributed by atoms with Crippen LogP contribution in [0.4, 0.5) is 0 Å². The van der Waals surface area contributed by atoms with Gasteiger partial charge in [0.2, 0.25) is 5.91 Å². The SMILES string of the molecule is CC1SC(NC(=O)CSc2nc3ccccc3s2)=NC1=O. The molecular weight excluding hydrogens is 326 g/mol. The van der Waals surface area contributed by atoms with Crippen LogP contribution in [0.5, 0.6) is 0 Å². The van der Waals surface area contributed by atoms with Gasteiger partial charge in [-0.15, -0.1) is 11.3 Å². The minimum absolute atomic E-state index is 0.174. The van der Waals surface area contributed by atoms with Crippen LogP contribution in [0.2, 0.25) is 0 Å². The van der Waals surface area contributed by atoms with Gasteiger partial charge in [0.25, 0.3) is 5.91 Å². The Morgan fingerprint density at radius 2 is 2.24 bits per heavy atom. The van der Waals surface area contributed by atoms with Gasteiger partial charge in [0.15, 0.2) is 9.51 Å². The second-order valence-corrected chi connectivity index (χ2v) is 7.88. The zero-order valence-corrected chi connectivity index (χ0v) is 13.5.